The fraction of sp³-hybridized carbons (Fsp3) is 0.391. The fourth-order valence-electron chi connectivity index (χ4n) is 3.67. The van der Waals surface area contributed by atoms with Crippen LogP contribution < -0.4 is 14.4 Å². The number of aromatic nitrogens is 1. The van der Waals surface area contributed by atoms with Gasteiger partial charge in [-0.05, 0) is 36.6 Å². The Morgan fingerprint density at radius 2 is 1.97 bits per heavy atom. The minimum atomic E-state index is -0.107. The molecule has 0 saturated carbocycles. The molecule has 0 bridgehead atoms. The number of rotatable bonds is 8. The molecule has 0 N–H and O–H groups in total. The van der Waals surface area contributed by atoms with Crippen molar-refractivity contribution in [3.8, 4) is 11.5 Å². The highest BCUT2D eigenvalue weighted by Gasteiger charge is 2.24. The number of benzene rings is 2. The molecular formula is C23H27N3O4S2. The van der Waals surface area contributed by atoms with Crippen molar-refractivity contribution >= 4 is 44.4 Å². The second-order valence-electron chi connectivity index (χ2n) is 7.28. The minimum absolute atomic E-state index is 0.107. The predicted molar refractivity (Wildman–Crippen MR) is 130 cm³/mol. The van der Waals surface area contributed by atoms with Gasteiger partial charge >= 0.3 is 0 Å². The average molecular weight is 474 g/mol. The summed E-state index contributed by atoms with van der Waals surface area (Å²) in [5, 5.41) is 0.703. The SMILES string of the molecule is COc1ccc(C(=O)N(CCN2CCOCC2)c2nc3c(SC)cccc3s2)cc1OC. The van der Waals surface area contributed by atoms with Crippen molar-refractivity contribution in [1.82, 2.24) is 9.88 Å². The van der Waals surface area contributed by atoms with Crippen LogP contribution in [0.4, 0.5) is 5.13 Å². The lowest BCUT2D eigenvalue weighted by Crippen LogP contribution is -2.43. The molecule has 2 heterocycles. The van der Waals surface area contributed by atoms with Gasteiger partial charge in [0.2, 0.25) is 0 Å². The van der Waals surface area contributed by atoms with E-state index in [1.165, 1.54) is 0 Å². The number of para-hydroxylation sites is 1. The number of carbonyl (C=O) groups excluding carboxylic acids is 1. The van der Waals surface area contributed by atoms with Crippen LogP contribution in [0.5, 0.6) is 11.5 Å². The number of anilines is 1. The van der Waals surface area contributed by atoms with Crippen molar-refractivity contribution in [2.45, 2.75) is 4.90 Å². The lowest BCUT2D eigenvalue weighted by Gasteiger charge is -2.29. The molecule has 2 aromatic carbocycles. The lowest BCUT2D eigenvalue weighted by molar-refractivity contribution is 0.0391. The Kier molecular flexibility index (Phi) is 7.51. The van der Waals surface area contributed by atoms with Crippen LogP contribution in [-0.2, 0) is 4.74 Å². The van der Waals surface area contributed by atoms with Gasteiger partial charge in [0.05, 0.1) is 37.6 Å². The van der Waals surface area contributed by atoms with Gasteiger partial charge in [0.15, 0.2) is 16.6 Å². The molecule has 4 rings (SSSR count). The summed E-state index contributed by atoms with van der Waals surface area (Å²) in [6, 6.07) is 11.4. The summed E-state index contributed by atoms with van der Waals surface area (Å²) in [7, 11) is 3.15. The molecule has 0 radical (unpaired) electrons. The number of thioether (sulfide) groups is 1. The van der Waals surface area contributed by atoms with Crippen LogP contribution in [0, 0.1) is 0 Å². The van der Waals surface area contributed by atoms with Crippen molar-refractivity contribution in [1.29, 1.82) is 0 Å². The van der Waals surface area contributed by atoms with Gasteiger partial charge in [-0.1, -0.05) is 17.4 Å². The molecule has 1 amide bonds. The van der Waals surface area contributed by atoms with Gasteiger partial charge in [-0.3, -0.25) is 14.6 Å². The molecule has 7 nitrogen and oxygen atoms in total. The smallest absolute Gasteiger partial charge is 0.260 e. The number of nitrogens with zero attached hydrogens (tertiary/aromatic N) is 3. The van der Waals surface area contributed by atoms with Crippen LogP contribution in [-0.4, -0.2) is 75.7 Å². The summed E-state index contributed by atoms with van der Waals surface area (Å²) in [6.45, 7) is 4.49. The van der Waals surface area contributed by atoms with E-state index in [1.54, 1.807) is 60.4 Å². The van der Waals surface area contributed by atoms with Crippen molar-refractivity contribution < 1.29 is 19.0 Å². The third-order valence-electron chi connectivity index (χ3n) is 5.44. The van der Waals surface area contributed by atoms with E-state index >= 15 is 0 Å². The summed E-state index contributed by atoms with van der Waals surface area (Å²) < 4.78 is 17.3. The number of morpholine rings is 1. The highest BCUT2D eigenvalue weighted by atomic mass is 32.2. The largest absolute Gasteiger partial charge is 0.493 e. The Bertz CT molecular complexity index is 1080. The molecule has 170 valence electrons. The Hall–Kier alpha value is -2.33. The molecule has 1 aliphatic heterocycles. The van der Waals surface area contributed by atoms with Crippen molar-refractivity contribution in [3.63, 3.8) is 0 Å². The maximum absolute atomic E-state index is 13.7. The highest BCUT2D eigenvalue weighted by molar-refractivity contribution is 7.98. The summed E-state index contributed by atoms with van der Waals surface area (Å²) in [5.41, 5.74) is 1.48. The predicted octanol–water partition coefficient (Wildman–Crippen LogP) is 4.01. The van der Waals surface area contributed by atoms with Crippen LogP contribution in [0.3, 0.4) is 0 Å². The van der Waals surface area contributed by atoms with Gasteiger partial charge < -0.3 is 14.2 Å². The van der Waals surface area contributed by atoms with Gasteiger partial charge in [0, 0.05) is 36.6 Å². The minimum Gasteiger partial charge on any atom is -0.493 e. The number of hydrogen-bond donors (Lipinski definition) is 0. The van der Waals surface area contributed by atoms with E-state index in [0.717, 1.165) is 48.0 Å². The molecule has 0 unspecified atom stereocenters. The van der Waals surface area contributed by atoms with E-state index in [-0.39, 0.29) is 5.91 Å². The molecule has 1 fully saturated rings. The highest BCUT2D eigenvalue weighted by Crippen LogP contribution is 2.35. The quantitative estimate of drug-likeness (QED) is 0.458. The van der Waals surface area contributed by atoms with Gasteiger partial charge in [0.1, 0.15) is 0 Å². The number of hydrogen-bond acceptors (Lipinski definition) is 8. The third-order valence-corrected chi connectivity index (χ3v) is 7.25. The maximum atomic E-state index is 13.7. The van der Waals surface area contributed by atoms with Crippen LogP contribution in [0.1, 0.15) is 10.4 Å². The number of methoxy groups -OCH3 is 2. The molecule has 0 atom stereocenters. The first-order valence-electron chi connectivity index (χ1n) is 10.4. The molecule has 32 heavy (non-hydrogen) atoms. The summed E-state index contributed by atoms with van der Waals surface area (Å²) in [6.07, 6.45) is 2.04. The van der Waals surface area contributed by atoms with Crippen LogP contribution >= 0.6 is 23.1 Å². The first kappa shape index (κ1) is 22.8. The standard InChI is InChI=1S/C23H27N3O4S2/c1-28-17-8-7-16(15-18(17)29-2)22(27)26(10-9-25-11-13-30-14-12-25)23-24-21-19(31-3)5-4-6-20(21)32-23/h4-8,15H,9-14H2,1-3H3. The first-order valence-corrected chi connectivity index (χ1v) is 12.5. The van der Waals surface area contributed by atoms with Gasteiger partial charge in [0.25, 0.3) is 5.91 Å². The van der Waals surface area contributed by atoms with Crippen molar-refractivity contribution in [2.75, 3.05) is 64.8 Å². The zero-order valence-electron chi connectivity index (χ0n) is 18.5. The number of carbonyl (C=O) groups is 1. The molecule has 0 spiro atoms. The fourth-order valence-corrected chi connectivity index (χ4v) is 5.31. The van der Waals surface area contributed by atoms with Crippen LogP contribution in [0.2, 0.25) is 0 Å². The Morgan fingerprint density at radius 3 is 2.69 bits per heavy atom. The monoisotopic (exact) mass is 473 g/mol. The first-order chi connectivity index (χ1) is 15.6. The lowest BCUT2D eigenvalue weighted by atomic mass is 10.1. The molecule has 1 aromatic heterocycles. The number of thiazole rings is 1. The second-order valence-corrected chi connectivity index (χ2v) is 9.14. The van der Waals surface area contributed by atoms with Gasteiger partial charge in [-0.25, -0.2) is 4.98 Å². The molecule has 0 aliphatic carbocycles. The van der Waals surface area contributed by atoms with Gasteiger partial charge in [-0.15, -0.1) is 11.8 Å². The van der Waals surface area contributed by atoms with Crippen LogP contribution in [0.25, 0.3) is 10.2 Å². The van der Waals surface area contributed by atoms with E-state index in [0.29, 0.717) is 28.7 Å². The zero-order valence-corrected chi connectivity index (χ0v) is 20.1. The molecule has 3 aromatic rings. The maximum Gasteiger partial charge on any atom is 0.260 e. The number of fused-ring (bicyclic) bond motifs is 1. The second kappa shape index (κ2) is 10.5. The Morgan fingerprint density at radius 1 is 1.19 bits per heavy atom. The molecule has 9 heteroatoms. The topological polar surface area (TPSA) is 64.1 Å². The van der Waals surface area contributed by atoms with E-state index in [9.17, 15) is 4.79 Å². The zero-order chi connectivity index (χ0) is 22.5. The third kappa shape index (κ3) is 4.85. The number of ether oxygens (including phenoxy) is 3. The van der Waals surface area contributed by atoms with Crippen molar-refractivity contribution in [2.24, 2.45) is 0 Å². The summed E-state index contributed by atoms with van der Waals surface area (Å²) >= 11 is 3.21. The average Bonchev–Trinajstić information content (AvgIpc) is 3.28. The Labute approximate surface area is 196 Å². The summed E-state index contributed by atoms with van der Waals surface area (Å²) in [4.78, 5) is 23.7. The van der Waals surface area contributed by atoms with Crippen LogP contribution in [0.15, 0.2) is 41.3 Å². The summed E-state index contributed by atoms with van der Waals surface area (Å²) in [5.74, 6) is 1.01. The normalized spacial score (nSPS) is 14.5. The van der Waals surface area contributed by atoms with Crippen molar-refractivity contribution in [3.05, 3.63) is 42.0 Å². The van der Waals surface area contributed by atoms with Gasteiger partial charge in [-0.2, -0.15) is 0 Å². The number of amides is 1. The Balaban J connectivity index is 1.68. The molecule has 1 aliphatic rings. The molecule has 1 saturated heterocycles. The van der Waals surface area contributed by atoms with E-state index < -0.39 is 0 Å². The molecular weight excluding hydrogens is 446 g/mol. The van der Waals surface area contributed by atoms with E-state index in [1.807, 2.05) is 12.3 Å². The van der Waals surface area contributed by atoms with E-state index in [4.69, 9.17) is 19.2 Å². The van der Waals surface area contributed by atoms with E-state index in [2.05, 4.69) is 17.0 Å².